The van der Waals surface area contributed by atoms with Crippen LogP contribution in [0.25, 0.3) is 11.4 Å². The molecule has 1 aromatic carbocycles. The third-order valence-corrected chi connectivity index (χ3v) is 5.63. The lowest BCUT2D eigenvalue weighted by Crippen LogP contribution is -2.49. The predicted octanol–water partition coefficient (Wildman–Crippen LogP) is 1.63. The number of carbonyl (C=O) groups is 1. The first-order valence-corrected chi connectivity index (χ1v) is 10.1. The molecule has 2 N–H and O–H groups in total. The first-order chi connectivity index (χ1) is 14.1. The zero-order valence-corrected chi connectivity index (χ0v) is 16.4. The largest absolute Gasteiger partial charge is 0.353 e. The number of nitrogens with two attached hydrogens (primary N) is 1. The maximum Gasteiger partial charge on any atom is 0.233 e. The summed E-state index contributed by atoms with van der Waals surface area (Å²) in [5.41, 5.74) is 0.658. The lowest BCUT2D eigenvalue weighted by atomic mass is 10.2. The van der Waals surface area contributed by atoms with Gasteiger partial charge in [-0.05, 0) is 36.4 Å². The van der Waals surface area contributed by atoms with E-state index in [9.17, 15) is 9.18 Å². The van der Waals surface area contributed by atoms with Gasteiger partial charge in [-0.2, -0.15) is 0 Å². The summed E-state index contributed by atoms with van der Waals surface area (Å²) in [6, 6.07) is 11.7. The zero-order valence-electron chi connectivity index (χ0n) is 15.6. The number of hydrogen-bond donors (Lipinski definition) is 1. The Labute approximate surface area is 171 Å². The number of aromatic nitrogens is 4. The monoisotopic (exact) mass is 413 g/mol. The SMILES string of the molecule is Nn1c(SCC(=O)N2CCN(c3ccccn3)CC2)nnc1-c1ccc(F)cc1. The van der Waals surface area contributed by atoms with E-state index in [4.69, 9.17) is 5.84 Å². The van der Waals surface area contributed by atoms with Gasteiger partial charge in [-0.3, -0.25) is 4.79 Å². The highest BCUT2D eigenvalue weighted by molar-refractivity contribution is 7.99. The summed E-state index contributed by atoms with van der Waals surface area (Å²) in [5, 5.41) is 8.54. The van der Waals surface area contributed by atoms with E-state index in [0.717, 1.165) is 18.9 Å². The molecule has 4 rings (SSSR count). The van der Waals surface area contributed by atoms with E-state index in [1.165, 1.54) is 28.6 Å². The Balaban J connectivity index is 1.32. The molecule has 0 saturated carbocycles. The van der Waals surface area contributed by atoms with Crippen LogP contribution in [0.3, 0.4) is 0 Å². The van der Waals surface area contributed by atoms with Gasteiger partial charge in [0.1, 0.15) is 11.6 Å². The summed E-state index contributed by atoms with van der Waals surface area (Å²) >= 11 is 1.24. The summed E-state index contributed by atoms with van der Waals surface area (Å²) in [4.78, 5) is 20.9. The fourth-order valence-electron chi connectivity index (χ4n) is 3.11. The first kappa shape index (κ1) is 19.2. The van der Waals surface area contributed by atoms with Crippen molar-refractivity contribution in [1.29, 1.82) is 0 Å². The minimum atomic E-state index is -0.333. The van der Waals surface area contributed by atoms with Crippen molar-refractivity contribution in [3.63, 3.8) is 0 Å². The molecule has 0 bridgehead atoms. The van der Waals surface area contributed by atoms with Crippen LogP contribution in [0, 0.1) is 5.82 Å². The predicted molar refractivity (Wildman–Crippen MR) is 109 cm³/mol. The zero-order chi connectivity index (χ0) is 20.2. The number of hydrogen-bond acceptors (Lipinski definition) is 7. The number of anilines is 1. The maximum atomic E-state index is 13.1. The number of halogens is 1. The minimum absolute atomic E-state index is 0.0296. The van der Waals surface area contributed by atoms with E-state index in [1.54, 1.807) is 18.3 Å². The van der Waals surface area contributed by atoms with Crippen LogP contribution in [-0.2, 0) is 4.79 Å². The molecule has 0 spiro atoms. The molecule has 10 heteroatoms. The fourth-order valence-corrected chi connectivity index (χ4v) is 3.87. The molecule has 0 aliphatic carbocycles. The Kier molecular flexibility index (Phi) is 5.61. The average Bonchev–Trinajstić information content (AvgIpc) is 3.13. The summed E-state index contributed by atoms with van der Waals surface area (Å²) in [7, 11) is 0. The molecule has 3 aromatic rings. The summed E-state index contributed by atoms with van der Waals surface area (Å²) in [5.74, 6) is 7.33. The second-order valence-electron chi connectivity index (χ2n) is 6.53. The molecule has 1 amide bonds. The highest BCUT2D eigenvalue weighted by Gasteiger charge is 2.22. The van der Waals surface area contributed by atoms with Crippen molar-refractivity contribution >= 4 is 23.5 Å². The molecule has 0 atom stereocenters. The van der Waals surface area contributed by atoms with Crippen molar-refractivity contribution in [2.24, 2.45) is 0 Å². The topological polar surface area (TPSA) is 93.2 Å². The molecule has 1 fully saturated rings. The van der Waals surface area contributed by atoms with Gasteiger partial charge in [-0.25, -0.2) is 14.1 Å². The Morgan fingerprint density at radius 1 is 1.07 bits per heavy atom. The number of nitrogens with zero attached hydrogens (tertiary/aromatic N) is 6. The molecular formula is C19H20FN7OS. The molecule has 3 heterocycles. The van der Waals surface area contributed by atoms with E-state index < -0.39 is 0 Å². The summed E-state index contributed by atoms with van der Waals surface area (Å²) in [6.07, 6.45) is 1.77. The number of thioether (sulfide) groups is 1. The first-order valence-electron chi connectivity index (χ1n) is 9.15. The number of carbonyl (C=O) groups excluding carboxylic acids is 1. The molecule has 29 heavy (non-hydrogen) atoms. The molecule has 1 saturated heterocycles. The van der Waals surface area contributed by atoms with Crippen molar-refractivity contribution in [3.8, 4) is 11.4 Å². The molecule has 150 valence electrons. The number of benzene rings is 1. The number of piperazine rings is 1. The van der Waals surface area contributed by atoms with Crippen LogP contribution < -0.4 is 10.7 Å². The molecule has 1 aliphatic heterocycles. The lowest BCUT2D eigenvalue weighted by Gasteiger charge is -2.35. The fraction of sp³-hybridized carbons (Fsp3) is 0.263. The van der Waals surface area contributed by atoms with E-state index in [-0.39, 0.29) is 17.5 Å². The van der Waals surface area contributed by atoms with Gasteiger partial charge in [0.25, 0.3) is 0 Å². The van der Waals surface area contributed by atoms with Gasteiger partial charge in [0.2, 0.25) is 11.1 Å². The van der Waals surface area contributed by atoms with E-state index in [1.807, 2.05) is 23.1 Å². The standard InChI is InChI=1S/C19H20FN7OS/c20-15-6-4-14(5-7-15)18-23-24-19(27(18)21)29-13-17(28)26-11-9-25(10-12-26)16-3-1-2-8-22-16/h1-8H,9-13,21H2. The van der Waals surface area contributed by atoms with Gasteiger partial charge in [-0.15, -0.1) is 10.2 Å². The Bertz CT molecular complexity index is 972. The van der Waals surface area contributed by atoms with Crippen LogP contribution in [0.1, 0.15) is 0 Å². The lowest BCUT2D eigenvalue weighted by molar-refractivity contribution is -0.128. The van der Waals surface area contributed by atoms with Gasteiger partial charge in [0, 0.05) is 37.9 Å². The maximum absolute atomic E-state index is 13.1. The number of rotatable bonds is 5. The summed E-state index contributed by atoms with van der Waals surface area (Å²) in [6.45, 7) is 2.78. The second-order valence-corrected chi connectivity index (χ2v) is 7.47. The van der Waals surface area contributed by atoms with Gasteiger partial charge in [0.05, 0.1) is 5.75 Å². The normalized spacial score (nSPS) is 14.2. The Morgan fingerprint density at radius 2 is 1.83 bits per heavy atom. The molecule has 8 nitrogen and oxygen atoms in total. The Morgan fingerprint density at radius 3 is 2.52 bits per heavy atom. The van der Waals surface area contributed by atoms with Crippen LogP contribution in [0.15, 0.2) is 53.8 Å². The molecular weight excluding hydrogens is 393 g/mol. The second kappa shape index (κ2) is 8.48. The van der Waals surface area contributed by atoms with Crippen LogP contribution >= 0.6 is 11.8 Å². The highest BCUT2D eigenvalue weighted by Crippen LogP contribution is 2.22. The van der Waals surface area contributed by atoms with Crippen molar-refractivity contribution in [3.05, 3.63) is 54.5 Å². The molecule has 2 aromatic heterocycles. The van der Waals surface area contributed by atoms with Crippen molar-refractivity contribution < 1.29 is 9.18 Å². The van der Waals surface area contributed by atoms with Crippen molar-refractivity contribution in [2.45, 2.75) is 5.16 Å². The van der Waals surface area contributed by atoms with Crippen LogP contribution in [-0.4, -0.2) is 62.6 Å². The van der Waals surface area contributed by atoms with Gasteiger partial charge < -0.3 is 15.6 Å². The van der Waals surface area contributed by atoms with Crippen LogP contribution in [0.5, 0.6) is 0 Å². The van der Waals surface area contributed by atoms with E-state index in [2.05, 4.69) is 20.1 Å². The third kappa shape index (κ3) is 4.32. The van der Waals surface area contributed by atoms with Gasteiger partial charge >= 0.3 is 0 Å². The average molecular weight is 413 g/mol. The van der Waals surface area contributed by atoms with Gasteiger partial charge in [0.15, 0.2) is 5.82 Å². The third-order valence-electron chi connectivity index (χ3n) is 4.70. The number of amides is 1. The van der Waals surface area contributed by atoms with Crippen LogP contribution in [0.4, 0.5) is 10.2 Å². The smallest absolute Gasteiger partial charge is 0.233 e. The molecule has 0 unspecified atom stereocenters. The number of pyridine rings is 1. The minimum Gasteiger partial charge on any atom is -0.353 e. The van der Waals surface area contributed by atoms with E-state index >= 15 is 0 Å². The Hall–Kier alpha value is -3.14. The van der Waals surface area contributed by atoms with Crippen molar-refractivity contribution in [2.75, 3.05) is 42.7 Å². The van der Waals surface area contributed by atoms with Crippen LogP contribution in [0.2, 0.25) is 0 Å². The molecule has 0 radical (unpaired) electrons. The van der Waals surface area contributed by atoms with E-state index in [0.29, 0.717) is 29.6 Å². The van der Waals surface area contributed by atoms with Gasteiger partial charge in [-0.1, -0.05) is 17.8 Å². The highest BCUT2D eigenvalue weighted by atomic mass is 32.2. The number of nitrogen functional groups attached to an aromatic ring is 1. The van der Waals surface area contributed by atoms with Crippen molar-refractivity contribution in [1.82, 2.24) is 24.8 Å². The quantitative estimate of drug-likeness (QED) is 0.502. The molecule has 1 aliphatic rings. The summed E-state index contributed by atoms with van der Waals surface area (Å²) < 4.78 is 14.4.